The van der Waals surface area contributed by atoms with Crippen LogP contribution in [-0.4, -0.2) is 96.1 Å². The summed E-state index contributed by atoms with van der Waals surface area (Å²) < 4.78 is 0. The lowest BCUT2D eigenvalue weighted by atomic mass is 9.74. The molecule has 0 saturated heterocycles. The molecule has 2 aliphatic rings. The van der Waals surface area contributed by atoms with Crippen LogP contribution in [0.2, 0.25) is 20.1 Å². The maximum atomic E-state index is 11.7. The molecule has 0 fully saturated rings. The Kier molecular flexibility index (Phi) is 18.6. The molecule has 0 unspecified atom stereocenters. The van der Waals surface area contributed by atoms with E-state index < -0.39 is 23.0 Å². The number of benzene rings is 8. The largest absolute Gasteiger partial charge is 0.478 e. The van der Waals surface area contributed by atoms with Gasteiger partial charge in [-0.1, -0.05) is 228 Å². The molecule has 2 heterocycles. The van der Waals surface area contributed by atoms with E-state index in [1.807, 2.05) is 36.4 Å². The van der Waals surface area contributed by atoms with E-state index in [-0.39, 0.29) is 31.2 Å². The number of nitrogens with zero attached hydrogens (tertiary/aromatic N) is 4. The van der Waals surface area contributed by atoms with Gasteiger partial charge in [0.25, 0.3) is 0 Å². The van der Waals surface area contributed by atoms with Gasteiger partial charge in [0.15, 0.2) is 0 Å². The zero-order valence-electron chi connectivity index (χ0n) is 43.1. The summed E-state index contributed by atoms with van der Waals surface area (Å²) in [6.45, 7) is 4.85. The molecule has 10 rings (SSSR count). The quantitative estimate of drug-likeness (QED) is 0.110. The number of fused-ring (bicyclic) bond motifs is 2. The summed E-state index contributed by atoms with van der Waals surface area (Å²) in [5.41, 5.74) is 9.48. The molecule has 0 atom stereocenters. The first-order valence-electron chi connectivity index (χ1n) is 25.3. The maximum absolute atomic E-state index is 11.7. The molecule has 390 valence electrons. The lowest BCUT2D eigenvalue weighted by molar-refractivity contribution is 0.0686. The average Bonchev–Trinajstić information content (AvgIpc) is 3.44. The molecule has 8 nitrogen and oxygen atoms in total. The Hall–Kier alpha value is -6.30. The third-order valence-corrected chi connectivity index (χ3v) is 15.8. The van der Waals surface area contributed by atoms with Gasteiger partial charge in [-0.25, -0.2) is 9.59 Å². The number of halogens is 4. The Balaban J connectivity index is 0.000000176. The van der Waals surface area contributed by atoms with Gasteiger partial charge in [-0.05, 0) is 109 Å². The Morgan fingerprint density at radius 1 is 0.434 bits per heavy atom. The summed E-state index contributed by atoms with van der Waals surface area (Å²) in [6.07, 6.45) is 1.25. The molecule has 76 heavy (non-hydrogen) atoms. The Morgan fingerprint density at radius 2 is 0.671 bits per heavy atom. The van der Waals surface area contributed by atoms with Crippen LogP contribution in [0.3, 0.4) is 0 Å². The summed E-state index contributed by atoms with van der Waals surface area (Å²) >= 11 is 25.9. The van der Waals surface area contributed by atoms with E-state index in [2.05, 4.69) is 193 Å². The third kappa shape index (κ3) is 11.7. The highest BCUT2D eigenvalue weighted by molar-refractivity contribution is 6.40. The average molecular weight is 1090 g/mol. The molecule has 2 N–H and O–H groups in total. The van der Waals surface area contributed by atoms with Gasteiger partial charge in [-0.2, -0.15) is 0 Å². The first-order valence-corrected chi connectivity index (χ1v) is 26.8. The SMILES string of the molecule is CN(C)CCN(C)C.O=C(O)c1c(Cl)cc2c(c1Cl)CCN(C(c1ccccc1)(c1ccccc1)c1ccccc1)C2.O=C(O)c1c(Cl)cc2c(c1Cl)CCN(C(c1ccccc1)(c1ccccc1)c1ccccc1)C2. The van der Waals surface area contributed by atoms with Crippen molar-refractivity contribution in [1.82, 2.24) is 19.6 Å². The van der Waals surface area contributed by atoms with Crippen LogP contribution in [0.4, 0.5) is 0 Å². The minimum Gasteiger partial charge on any atom is -0.478 e. The number of carbonyl (C=O) groups is 2. The number of rotatable bonds is 13. The lowest BCUT2D eigenvalue weighted by Gasteiger charge is -2.47. The van der Waals surface area contributed by atoms with Crippen LogP contribution in [-0.2, 0) is 37.0 Å². The Labute approximate surface area is 467 Å². The van der Waals surface area contributed by atoms with Crippen LogP contribution in [0.25, 0.3) is 0 Å². The van der Waals surface area contributed by atoms with E-state index in [0.717, 1.165) is 68.7 Å². The fraction of sp³-hybridized carbons (Fsp3) is 0.219. The highest BCUT2D eigenvalue weighted by atomic mass is 35.5. The second-order valence-corrected chi connectivity index (χ2v) is 21.1. The van der Waals surface area contributed by atoms with Crippen LogP contribution < -0.4 is 0 Å². The number of hydrogen-bond acceptors (Lipinski definition) is 6. The van der Waals surface area contributed by atoms with E-state index in [0.29, 0.717) is 39.0 Å². The van der Waals surface area contributed by atoms with Crippen molar-refractivity contribution in [3.63, 3.8) is 0 Å². The second kappa shape index (κ2) is 25.2. The monoisotopic (exact) mass is 1090 g/mol. The number of likely N-dealkylation sites (N-methyl/N-ethyl adjacent to an activating group) is 2. The van der Waals surface area contributed by atoms with E-state index in [1.54, 1.807) is 12.1 Å². The van der Waals surface area contributed by atoms with Gasteiger partial charge in [0.05, 0.1) is 42.3 Å². The van der Waals surface area contributed by atoms with Crippen LogP contribution in [0, 0.1) is 0 Å². The van der Waals surface area contributed by atoms with Gasteiger partial charge in [-0.15, -0.1) is 0 Å². The van der Waals surface area contributed by atoms with Crippen LogP contribution in [0.1, 0.15) is 76.4 Å². The van der Waals surface area contributed by atoms with Gasteiger partial charge in [0.2, 0.25) is 0 Å². The molecule has 2 aliphatic heterocycles. The summed E-state index contributed by atoms with van der Waals surface area (Å²) in [5.74, 6) is -2.21. The number of hydrogen-bond donors (Lipinski definition) is 2. The third-order valence-electron chi connectivity index (χ3n) is 14.3. The molecule has 0 radical (unpaired) electrons. The first kappa shape index (κ1) is 55.9. The fourth-order valence-electron chi connectivity index (χ4n) is 10.8. The lowest BCUT2D eigenvalue weighted by Crippen LogP contribution is -2.50. The predicted octanol–water partition coefficient (Wildman–Crippen LogP) is 14.2. The van der Waals surface area contributed by atoms with Crippen molar-refractivity contribution >= 4 is 58.3 Å². The molecule has 12 heteroatoms. The molecule has 8 aromatic carbocycles. The molecule has 0 bridgehead atoms. The standard InChI is InChI=1S/2C29H23Cl2NO2.C6H16N2/c2*30-25-18-20-19-32(17-16-24(20)27(31)26(25)28(33)34)29(21-10-4-1-5-11-21,22-12-6-2-7-13-22)23-14-8-3-9-15-23;1-7(2)5-6-8(3)4/h2*1-15,18H,16-17,19H2,(H,33,34);5-6H2,1-4H3. The minimum absolute atomic E-state index is 0.0176. The van der Waals surface area contributed by atoms with E-state index in [4.69, 9.17) is 46.4 Å². The van der Waals surface area contributed by atoms with Crippen molar-refractivity contribution in [2.24, 2.45) is 0 Å². The molecular formula is C64H62Cl4N4O4. The molecule has 0 spiro atoms. The topological polar surface area (TPSA) is 87.6 Å². The molecule has 0 aliphatic carbocycles. The van der Waals surface area contributed by atoms with Crippen molar-refractivity contribution in [2.45, 2.75) is 37.0 Å². The summed E-state index contributed by atoms with van der Waals surface area (Å²) in [7, 11) is 8.35. The smallest absolute Gasteiger partial charge is 0.338 e. The maximum Gasteiger partial charge on any atom is 0.338 e. The Bertz CT molecular complexity index is 2810. The van der Waals surface area contributed by atoms with Gasteiger partial charge in [-0.3, -0.25) is 9.80 Å². The normalized spacial score (nSPS) is 13.7. The highest BCUT2D eigenvalue weighted by Gasteiger charge is 2.45. The fourth-order valence-corrected chi connectivity index (χ4v) is 12.3. The van der Waals surface area contributed by atoms with E-state index in [1.165, 1.54) is 0 Å². The van der Waals surface area contributed by atoms with E-state index in [9.17, 15) is 19.8 Å². The zero-order valence-corrected chi connectivity index (χ0v) is 46.2. The van der Waals surface area contributed by atoms with Crippen molar-refractivity contribution in [3.05, 3.63) is 281 Å². The van der Waals surface area contributed by atoms with Crippen molar-refractivity contribution in [1.29, 1.82) is 0 Å². The van der Waals surface area contributed by atoms with Crippen LogP contribution in [0.15, 0.2) is 194 Å². The summed E-state index contributed by atoms with van der Waals surface area (Å²) in [4.78, 5) is 32.7. The van der Waals surface area contributed by atoms with Crippen molar-refractivity contribution < 1.29 is 19.8 Å². The van der Waals surface area contributed by atoms with Crippen molar-refractivity contribution in [2.75, 3.05) is 54.4 Å². The van der Waals surface area contributed by atoms with Gasteiger partial charge in [0.1, 0.15) is 0 Å². The summed E-state index contributed by atoms with van der Waals surface area (Å²) in [6, 6.07) is 66.6. The molecule has 0 amide bonds. The van der Waals surface area contributed by atoms with Gasteiger partial charge >= 0.3 is 11.9 Å². The molecular weight excluding hydrogens is 1030 g/mol. The number of aromatic carboxylic acids is 2. The van der Waals surface area contributed by atoms with Gasteiger partial charge < -0.3 is 20.0 Å². The first-order chi connectivity index (χ1) is 36.7. The molecule has 0 aromatic heterocycles. The highest BCUT2D eigenvalue weighted by Crippen LogP contribution is 2.48. The molecule has 8 aromatic rings. The Morgan fingerprint density at radius 3 is 0.882 bits per heavy atom. The van der Waals surface area contributed by atoms with Gasteiger partial charge in [0, 0.05) is 39.3 Å². The number of carboxylic acids is 2. The second-order valence-electron chi connectivity index (χ2n) is 19.5. The van der Waals surface area contributed by atoms with Crippen LogP contribution >= 0.6 is 46.4 Å². The minimum atomic E-state index is -1.10. The summed E-state index contributed by atoms with van der Waals surface area (Å²) in [5, 5.41) is 20.0. The van der Waals surface area contributed by atoms with Crippen molar-refractivity contribution in [3.8, 4) is 0 Å². The zero-order chi connectivity index (χ0) is 54.0. The predicted molar refractivity (Wildman–Crippen MR) is 311 cm³/mol. The number of carboxylic acid groups (broad SMARTS) is 2. The van der Waals surface area contributed by atoms with Crippen LogP contribution in [0.5, 0.6) is 0 Å². The van der Waals surface area contributed by atoms with E-state index >= 15 is 0 Å². The molecule has 0 saturated carbocycles.